The van der Waals surface area contributed by atoms with E-state index < -0.39 is 0 Å². The smallest absolute Gasteiger partial charge is 0.173 e. The molecule has 0 radical (unpaired) electrons. The van der Waals surface area contributed by atoms with Crippen molar-refractivity contribution in [3.8, 4) is 17.9 Å². The van der Waals surface area contributed by atoms with E-state index in [2.05, 4.69) is 43.8 Å². The Balaban J connectivity index is 0.000000368. The fourth-order valence-corrected chi connectivity index (χ4v) is 4.81. The Morgan fingerprint density at radius 2 is 1.74 bits per heavy atom. The molecule has 39 heavy (non-hydrogen) atoms. The number of nitriles is 2. The van der Waals surface area contributed by atoms with Crippen LogP contribution in [-0.2, 0) is 0 Å². The quantitative estimate of drug-likeness (QED) is 0.333. The number of rotatable bonds is 8. The van der Waals surface area contributed by atoms with Crippen LogP contribution in [0.5, 0.6) is 5.75 Å². The minimum atomic E-state index is 0.441. The van der Waals surface area contributed by atoms with Gasteiger partial charge in [-0.3, -0.25) is 10.4 Å². The molecular formula is C32H41N5OS. The third-order valence-corrected chi connectivity index (χ3v) is 7.38. The lowest BCUT2D eigenvalue weighted by Crippen LogP contribution is -2.32. The first-order valence-corrected chi connectivity index (χ1v) is 14.5. The maximum Gasteiger partial charge on any atom is 0.173 e. The number of unbranched alkanes of at least 4 members (excludes halogenated alkanes) is 1. The van der Waals surface area contributed by atoms with E-state index in [4.69, 9.17) is 15.0 Å². The molecule has 0 bridgehead atoms. The molecule has 0 amide bonds. The second-order valence-electron chi connectivity index (χ2n) is 9.13. The van der Waals surface area contributed by atoms with E-state index in [1.165, 1.54) is 25.7 Å². The van der Waals surface area contributed by atoms with Gasteiger partial charge in [-0.05, 0) is 73.6 Å². The van der Waals surface area contributed by atoms with Gasteiger partial charge in [0.1, 0.15) is 5.75 Å². The van der Waals surface area contributed by atoms with Crippen LogP contribution in [-0.4, -0.2) is 24.2 Å². The maximum absolute atomic E-state index is 9.28. The SMILES string of the molecule is C/C=C\C(CN=C1NNC(C2CC2)S1)=C(/CC)c1cc(C#N)ccc1OC.CCCC.N#Cc1ccccc1. The van der Waals surface area contributed by atoms with Crippen molar-refractivity contribution in [3.05, 3.63) is 82.9 Å². The van der Waals surface area contributed by atoms with Crippen molar-refractivity contribution in [1.29, 1.82) is 10.5 Å². The summed E-state index contributed by atoms with van der Waals surface area (Å²) in [6.45, 7) is 9.08. The average Bonchev–Trinajstić information content (AvgIpc) is 3.74. The van der Waals surface area contributed by atoms with Crippen molar-refractivity contribution in [1.82, 2.24) is 10.9 Å². The van der Waals surface area contributed by atoms with Crippen LogP contribution in [0.25, 0.3) is 5.57 Å². The van der Waals surface area contributed by atoms with Gasteiger partial charge in [0.25, 0.3) is 0 Å². The van der Waals surface area contributed by atoms with E-state index >= 15 is 0 Å². The Morgan fingerprint density at radius 1 is 1.05 bits per heavy atom. The monoisotopic (exact) mass is 543 g/mol. The predicted octanol–water partition coefficient (Wildman–Crippen LogP) is 7.60. The molecule has 0 spiro atoms. The molecule has 7 heteroatoms. The number of amidine groups is 1. The first-order valence-electron chi connectivity index (χ1n) is 13.7. The number of allylic oxidation sites excluding steroid dienone is 2. The summed E-state index contributed by atoms with van der Waals surface area (Å²) in [5.41, 5.74) is 11.1. The second-order valence-corrected chi connectivity index (χ2v) is 10.3. The number of hydrazine groups is 1. The van der Waals surface area contributed by atoms with E-state index in [1.807, 2.05) is 49.4 Å². The Bertz CT molecular complexity index is 1200. The van der Waals surface area contributed by atoms with Crippen LogP contribution in [0.1, 0.15) is 76.5 Å². The molecule has 1 atom stereocenters. The topological polar surface area (TPSA) is 93.2 Å². The Hall–Kier alpha value is -3.52. The van der Waals surface area contributed by atoms with Crippen molar-refractivity contribution < 1.29 is 4.74 Å². The molecule has 1 unspecified atom stereocenters. The van der Waals surface area contributed by atoms with Gasteiger partial charge in [0, 0.05) is 5.56 Å². The van der Waals surface area contributed by atoms with Crippen LogP contribution < -0.4 is 15.6 Å². The first-order chi connectivity index (χ1) is 19.0. The molecule has 2 fully saturated rings. The Morgan fingerprint density at radius 3 is 2.26 bits per heavy atom. The van der Waals surface area contributed by atoms with Gasteiger partial charge in [-0.25, -0.2) is 5.43 Å². The molecule has 2 aliphatic rings. The zero-order valence-electron chi connectivity index (χ0n) is 23.8. The summed E-state index contributed by atoms with van der Waals surface area (Å²) in [6.07, 6.45) is 10.2. The molecule has 1 heterocycles. The second kappa shape index (κ2) is 17.9. The molecule has 1 saturated carbocycles. The highest BCUT2D eigenvalue weighted by Gasteiger charge is 2.35. The Labute approximate surface area is 238 Å². The molecule has 2 aromatic rings. The lowest BCUT2D eigenvalue weighted by atomic mass is 9.95. The highest BCUT2D eigenvalue weighted by molar-refractivity contribution is 8.14. The lowest BCUT2D eigenvalue weighted by molar-refractivity contribution is 0.413. The van der Waals surface area contributed by atoms with Crippen LogP contribution in [0.2, 0.25) is 0 Å². The number of hydrogen-bond donors (Lipinski definition) is 2. The van der Waals surface area contributed by atoms with Crippen LogP contribution in [0.3, 0.4) is 0 Å². The standard InChI is InChI=1S/C21H26N4OS.C7H5N.C4H10/c1-4-6-16(13-23-21-25-24-20(27-21)15-8-9-15)17(5-2)18-11-14(12-22)7-10-19(18)26-3;8-6-7-4-2-1-3-5-7;1-3-4-2/h4,6-7,10-11,15,20,24H,5,8-9,13H2,1-3H3,(H,23,25);1-5H;3-4H2,1-2H3/b6-4-,17-16-;;. The molecule has 206 valence electrons. The van der Waals surface area contributed by atoms with Gasteiger partial charge in [0.15, 0.2) is 5.17 Å². The first kappa shape index (κ1) is 31.7. The van der Waals surface area contributed by atoms with Gasteiger partial charge in [-0.15, -0.1) is 0 Å². The summed E-state index contributed by atoms with van der Waals surface area (Å²) in [7, 11) is 1.66. The summed E-state index contributed by atoms with van der Waals surface area (Å²) in [6, 6.07) is 18.9. The molecular weight excluding hydrogens is 502 g/mol. The van der Waals surface area contributed by atoms with Gasteiger partial charge in [0.2, 0.25) is 0 Å². The summed E-state index contributed by atoms with van der Waals surface area (Å²) in [5.74, 6) is 1.55. The van der Waals surface area contributed by atoms with Crippen LogP contribution in [0.4, 0.5) is 0 Å². The fraction of sp³-hybridized carbons (Fsp3) is 0.406. The summed E-state index contributed by atoms with van der Waals surface area (Å²) >= 11 is 1.78. The van der Waals surface area contributed by atoms with Crippen molar-refractivity contribution >= 4 is 22.5 Å². The van der Waals surface area contributed by atoms with Gasteiger partial charge in [-0.2, -0.15) is 10.5 Å². The highest BCUT2D eigenvalue weighted by atomic mass is 32.2. The Kier molecular flexibility index (Phi) is 14.5. The van der Waals surface area contributed by atoms with Crippen molar-refractivity contribution in [2.24, 2.45) is 10.9 Å². The number of hydrogen-bond acceptors (Lipinski definition) is 6. The summed E-state index contributed by atoms with van der Waals surface area (Å²) in [5, 5.41) is 19.0. The molecule has 0 aromatic heterocycles. The fourth-order valence-electron chi connectivity index (χ4n) is 3.73. The zero-order chi connectivity index (χ0) is 28.5. The minimum absolute atomic E-state index is 0.441. The summed E-state index contributed by atoms with van der Waals surface area (Å²) in [4.78, 5) is 4.79. The average molecular weight is 544 g/mol. The van der Waals surface area contributed by atoms with E-state index in [-0.39, 0.29) is 0 Å². The van der Waals surface area contributed by atoms with Crippen molar-refractivity contribution in [3.63, 3.8) is 0 Å². The number of methoxy groups -OCH3 is 1. The number of thioether (sulfide) groups is 1. The van der Waals surface area contributed by atoms with Gasteiger partial charge in [-0.1, -0.05) is 75.7 Å². The molecule has 1 aliphatic carbocycles. The van der Waals surface area contributed by atoms with Gasteiger partial charge < -0.3 is 4.74 Å². The van der Waals surface area contributed by atoms with Crippen molar-refractivity contribution in [2.75, 3.05) is 13.7 Å². The van der Waals surface area contributed by atoms with Crippen LogP contribution in [0.15, 0.2) is 71.2 Å². The maximum atomic E-state index is 9.28. The van der Waals surface area contributed by atoms with Gasteiger partial charge in [0.05, 0.1) is 42.3 Å². The van der Waals surface area contributed by atoms with Gasteiger partial charge >= 0.3 is 0 Å². The predicted molar refractivity (Wildman–Crippen MR) is 164 cm³/mol. The molecule has 4 rings (SSSR count). The molecule has 6 nitrogen and oxygen atoms in total. The normalized spacial score (nSPS) is 17.5. The number of nitrogens with zero attached hydrogens (tertiary/aromatic N) is 3. The van der Waals surface area contributed by atoms with Crippen LogP contribution in [0, 0.1) is 28.6 Å². The highest BCUT2D eigenvalue weighted by Crippen LogP contribution is 2.39. The third kappa shape index (κ3) is 10.6. The van der Waals surface area contributed by atoms with Crippen molar-refractivity contribution in [2.45, 2.75) is 65.2 Å². The summed E-state index contributed by atoms with van der Waals surface area (Å²) < 4.78 is 5.55. The van der Waals surface area contributed by atoms with E-state index in [0.29, 0.717) is 23.0 Å². The van der Waals surface area contributed by atoms with E-state index in [9.17, 15) is 5.26 Å². The molecule has 2 aromatic carbocycles. The number of benzene rings is 2. The molecule has 2 N–H and O–H groups in total. The number of ether oxygens (including phenoxy) is 1. The molecule has 1 saturated heterocycles. The molecule has 1 aliphatic heterocycles. The van der Waals surface area contributed by atoms with E-state index in [1.54, 1.807) is 37.1 Å². The van der Waals surface area contributed by atoms with E-state index in [0.717, 1.165) is 40.0 Å². The zero-order valence-corrected chi connectivity index (χ0v) is 24.6. The number of nitrogens with one attached hydrogen (secondary N) is 2. The third-order valence-electron chi connectivity index (χ3n) is 6.17. The minimum Gasteiger partial charge on any atom is -0.496 e. The van der Waals surface area contributed by atoms with Crippen LogP contribution >= 0.6 is 11.8 Å². The largest absolute Gasteiger partial charge is 0.496 e. The number of aliphatic imine (C=N–C) groups is 1. The lowest BCUT2D eigenvalue weighted by Gasteiger charge is -2.15.